The Bertz CT molecular complexity index is 215. The van der Waals surface area contributed by atoms with Crippen LogP contribution in [0.3, 0.4) is 0 Å². The molecule has 1 heterocycles. The Kier molecular flexibility index (Phi) is 5.25. The van der Waals surface area contributed by atoms with E-state index in [9.17, 15) is 4.79 Å². The lowest BCUT2D eigenvalue weighted by Crippen LogP contribution is -2.24. The normalized spacial score (nSPS) is 15.6. The zero-order valence-corrected chi connectivity index (χ0v) is 9.96. The molecule has 0 atom stereocenters. The van der Waals surface area contributed by atoms with Crippen molar-refractivity contribution in [1.82, 2.24) is 4.90 Å². The van der Waals surface area contributed by atoms with Crippen LogP contribution >= 0.6 is 24.0 Å². The van der Waals surface area contributed by atoms with Crippen molar-refractivity contribution in [3.63, 3.8) is 0 Å². The average molecular weight is 233 g/mol. The summed E-state index contributed by atoms with van der Waals surface area (Å²) in [5.74, 6) is 0.155. The molecular formula is C9H15NO2S2. The number of esters is 1. The minimum absolute atomic E-state index is 0.181. The average Bonchev–Trinajstić information content (AvgIpc) is 2.67. The van der Waals surface area contributed by atoms with Gasteiger partial charge in [-0.3, -0.25) is 4.79 Å². The molecule has 0 saturated carbocycles. The first-order valence-electron chi connectivity index (χ1n) is 4.81. The van der Waals surface area contributed by atoms with Crippen LogP contribution in [-0.4, -0.2) is 40.6 Å². The van der Waals surface area contributed by atoms with Crippen LogP contribution in [0.25, 0.3) is 0 Å². The number of thiocarbonyl (C=S) groups is 1. The smallest absolute Gasteiger partial charge is 0.316 e. The van der Waals surface area contributed by atoms with Gasteiger partial charge in [-0.05, 0) is 19.8 Å². The third kappa shape index (κ3) is 3.84. The summed E-state index contributed by atoms with van der Waals surface area (Å²) in [5.41, 5.74) is 0. The number of nitrogens with zero attached hydrogens (tertiary/aromatic N) is 1. The topological polar surface area (TPSA) is 29.5 Å². The summed E-state index contributed by atoms with van der Waals surface area (Å²) < 4.78 is 5.65. The van der Waals surface area contributed by atoms with Gasteiger partial charge in [-0.1, -0.05) is 24.0 Å². The summed E-state index contributed by atoms with van der Waals surface area (Å²) in [7, 11) is 0. The summed E-state index contributed by atoms with van der Waals surface area (Å²) in [4.78, 5) is 13.2. The first kappa shape index (κ1) is 11.8. The zero-order chi connectivity index (χ0) is 10.4. The first-order valence-corrected chi connectivity index (χ1v) is 6.20. The largest absolute Gasteiger partial charge is 0.465 e. The van der Waals surface area contributed by atoms with Crippen LogP contribution in [0.1, 0.15) is 19.8 Å². The van der Waals surface area contributed by atoms with Crippen LogP contribution in [0.4, 0.5) is 0 Å². The van der Waals surface area contributed by atoms with Crippen molar-refractivity contribution in [2.24, 2.45) is 0 Å². The van der Waals surface area contributed by atoms with Gasteiger partial charge in [-0.25, -0.2) is 0 Å². The Labute approximate surface area is 94.2 Å². The first-order chi connectivity index (χ1) is 6.74. The van der Waals surface area contributed by atoms with E-state index in [0.29, 0.717) is 12.4 Å². The van der Waals surface area contributed by atoms with E-state index in [1.165, 1.54) is 24.6 Å². The van der Waals surface area contributed by atoms with E-state index in [2.05, 4.69) is 4.90 Å². The molecule has 0 aromatic heterocycles. The van der Waals surface area contributed by atoms with Gasteiger partial charge >= 0.3 is 5.97 Å². The molecule has 1 fully saturated rings. The van der Waals surface area contributed by atoms with Gasteiger partial charge in [0, 0.05) is 13.1 Å². The van der Waals surface area contributed by atoms with Gasteiger partial charge in [0.15, 0.2) is 0 Å². The number of carbonyl (C=O) groups excluding carboxylic acids is 1. The SMILES string of the molecule is CCOC(=O)CSC(=S)N1CCCC1. The lowest BCUT2D eigenvalue weighted by Gasteiger charge is -2.16. The van der Waals surface area contributed by atoms with E-state index >= 15 is 0 Å². The molecule has 1 aliphatic rings. The minimum Gasteiger partial charge on any atom is -0.465 e. The minimum atomic E-state index is -0.181. The van der Waals surface area contributed by atoms with E-state index in [-0.39, 0.29) is 5.97 Å². The van der Waals surface area contributed by atoms with Gasteiger partial charge in [-0.2, -0.15) is 0 Å². The van der Waals surface area contributed by atoms with Gasteiger partial charge < -0.3 is 9.64 Å². The van der Waals surface area contributed by atoms with Crippen molar-refractivity contribution >= 4 is 34.3 Å². The van der Waals surface area contributed by atoms with Crippen molar-refractivity contribution in [3.8, 4) is 0 Å². The summed E-state index contributed by atoms with van der Waals surface area (Å²) in [6.45, 7) is 4.32. The molecule has 0 aliphatic carbocycles. The Morgan fingerprint density at radius 3 is 2.71 bits per heavy atom. The van der Waals surface area contributed by atoms with Crippen LogP contribution in [0, 0.1) is 0 Å². The molecule has 80 valence electrons. The number of rotatable bonds is 3. The molecule has 0 bridgehead atoms. The highest BCUT2D eigenvalue weighted by molar-refractivity contribution is 8.23. The van der Waals surface area contributed by atoms with E-state index in [1.54, 1.807) is 6.92 Å². The Morgan fingerprint density at radius 2 is 2.14 bits per heavy atom. The fraction of sp³-hybridized carbons (Fsp3) is 0.778. The fourth-order valence-electron chi connectivity index (χ4n) is 1.31. The number of thioether (sulfide) groups is 1. The predicted octanol–water partition coefficient (Wildman–Crippen LogP) is 1.66. The fourth-order valence-corrected chi connectivity index (χ4v) is 2.36. The van der Waals surface area contributed by atoms with E-state index < -0.39 is 0 Å². The Morgan fingerprint density at radius 1 is 1.50 bits per heavy atom. The Balaban J connectivity index is 2.17. The summed E-state index contributed by atoms with van der Waals surface area (Å²) >= 11 is 6.60. The third-order valence-electron chi connectivity index (χ3n) is 1.98. The van der Waals surface area contributed by atoms with Gasteiger partial charge in [0.1, 0.15) is 4.32 Å². The predicted molar refractivity (Wildman–Crippen MR) is 62.5 cm³/mol. The van der Waals surface area contributed by atoms with E-state index in [0.717, 1.165) is 17.4 Å². The van der Waals surface area contributed by atoms with Crippen LogP contribution in [0.2, 0.25) is 0 Å². The number of ether oxygens (including phenoxy) is 1. The van der Waals surface area contributed by atoms with Gasteiger partial charge in [0.2, 0.25) is 0 Å². The molecule has 0 spiro atoms. The molecule has 0 unspecified atom stereocenters. The molecule has 14 heavy (non-hydrogen) atoms. The third-order valence-corrected chi connectivity index (χ3v) is 3.48. The van der Waals surface area contributed by atoms with Crippen LogP contribution in [0.5, 0.6) is 0 Å². The summed E-state index contributed by atoms with van der Waals surface area (Å²) in [5, 5.41) is 0. The molecule has 1 rings (SSSR count). The molecule has 3 nitrogen and oxygen atoms in total. The highest BCUT2D eigenvalue weighted by Crippen LogP contribution is 2.16. The van der Waals surface area contributed by atoms with Crippen LogP contribution < -0.4 is 0 Å². The molecule has 0 N–H and O–H groups in total. The second kappa shape index (κ2) is 6.24. The molecule has 1 aliphatic heterocycles. The quantitative estimate of drug-likeness (QED) is 0.546. The maximum Gasteiger partial charge on any atom is 0.316 e. The lowest BCUT2D eigenvalue weighted by atomic mass is 10.4. The molecule has 0 aromatic rings. The highest BCUT2D eigenvalue weighted by Gasteiger charge is 2.16. The van der Waals surface area contributed by atoms with E-state index in [1.807, 2.05) is 0 Å². The number of hydrogen-bond donors (Lipinski definition) is 0. The van der Waals surface area contributed by atoms with Crippen LogP contribution in [0.15, 0.2) is 0 Å². The maximum absolute atomic E-state index is 11.0. The second-order valence-electron chi connectivity index (χ2n) is 3.05. The van der Waals surface area contributed by atoms with Crippen molar-refractivity contribution in [1.29, 1.82) is 0 Å². The lowest BCUT2D eigenvalue weighted by molar-refractivity contribution is -0.139. The summed E-state index contributed by atoms with van der Waals surface area (Å²) in [6, 6.07) is 0. The molecule has 0 amide bonds. The number of carbonyl (C=O) groups is 1. The molecule has 0 radical (unpaired) electrons. The Hall–Kier alpha value is -0.290. The van der Waals surface area contributed by atoms with Crippen LogP contribution in [-0.2, 0) is 9.53 Å². The molecule has 1 saturated heterocycles. The highest BCUT2D eigenvalue weighted by atomic mass is 32.2. The second-order valence-corrected chi connectivity index (χ2v) is 4.66. The van der Waals surface area contributed by atoms with Crippen molar-refractivity contribution < 1.29 is 9.53 Å². The molecule has 0 aromatic carbocycles. The molecule has 5 heteroatoms. The van der Waals surface area contributed by atoms with Crippen molar-refractivity contribution in [2.45, 2.75) is 19.8 Å². The van der Waals surface area contributed by atoms with Crippen molar-refractivity contribution in [2.75, 3.05) is 25.4 Å². The molecular weight excluding hydrogens is 218 g/mol. The zero-order valence-electron chi connectivity index (χ0n) is 8.32. The van der Waals surface area contributed by atoms with Gasteiger partial charge in [-0.15, -0.1) is 0 Å². The number of likely N-dealkylation sites (tertiary alicyclic amines) is 1. The van der Waals surface area contributed by atoms with Crippen molar-refractivity contribution in [3.05, 3.63) is 0 Å². The van der Waals surface area contributed by atoms with Gasteiger partial charge in [0.25, 0.3) is 0 Å². The monoisotopic (exact) mass is 233 g/mol. The van der Waals surface area contributed by atoms with E-state index in [4.69, 9.17) is 17.0 Å². The summed E-state index contributed by atoms with van der Waals surface area (Å²) in [6.07, 6.45) is 2.42. The number of hydrogen-bond acceptors (Lipinski definition) is 4. The maximum atomic E-state index is 11.0. The standard InChI is InChI=1S/C9H15NO2S2/c1-2-12-8(11)7-14-9(13)10-5-3-4-6-10/h2-7H2,1H3. The van der Waals surface area contributed by atoms with Gasteiger partial charge in [0.05, 0.1) is 12.4 Å².